The third-order valence-electron chi connectivity index (χ3n) is 3.56. The number of carboxylic acids is 1. The highest BCUT2D eigenvalue weighted by Gasteiger charge is 2.27. The first-order valence-corrected chi connectivity index (χ1v) is 6.44. The molecule has 1 aromatic rings. The van der Waals surface area contributed by atoms with Crippen LogP contribution in [0.3, 0.4) is 0 Å². The number of nitrogens with two attached hydrogens (primary N) is 1. The summed E-state index contributed by atoms with van der Waals surface area (Å²) in [7, 11) is 0. The molecular weight excluding hydrogens is 244 g/mol. The van der Waals surface area contributed by atoms with E-state index < -0.39 is 5.97 Å². The van der Waals surface area contributed by atoms with Crippen molar-refractivity contribution in [3.8, 4) is 0 Å². The Morgan fingerprint density at radius 2 is 2.05 bits per heavy atom. The Hall–Kier alpha value is -1.88. The summed E-state index contributed by atoms with van der Waals surface area (Å²) in [6.45, 7) is 1.23. The minimum absolute atomic E-state index is 0.282. The molecule has 102 valence electrons. The van der Waals surface area contributed by atoms with Crippen molar-refractivity contribution in [1.29, 1.82) is 0 Å². The molecule has 1 aliphatic heterocycles. The van der Waals surface area contributed by atoms with Gasteiger partial charge in [-0.3, -0.25) is 9.69 Å². The zero-order chi connectivity index (χ0) is 13.8. The number of aromatic carboxylic acids is 1. The molecule has 1 aliphatic rings. The number of amides is 1. The Bertz CT molecular complexity index is 487. The monoisotopic (exact) mass is 262 g/mol. The number of carbonyl (C=O) groups excluding carboxylic acids is 1. The number of benzene rings is 1. The fourth-order valence-corrected chi connectivity index (χ4v) is 2.59. The van der Waals surface area contributed by atoms with Crippen LogP contribution in [-0.4, -0.2) is 34.5 Å². The van der Waals surface area contributed by atoms with Gasteiger partial charge in [-0.15, -0.1) is 0 Å². The lowest BCUT2D eigenvalue weighted by Crippen LogP contribution is -2.47. The largest absolute Gasteiger partial charge is 0.478 e. The van der Waals surface area contributed by atoms with Crippen LogP contribution in [0.4, 0.5) is 0 Å². The van der Waals surface area contributed by atoms with Crippen molar-refractivity contribution < 1.29 is 14.7 Å². The smallest absolute Gasteiger partial charge is 0.336 e. The van der Waals surface area contributed by atoms with Gasteiger partial charge in [0, 0.05) is 6.54 Å². The number of primary amides is 1. The van der Waals surface area contributed by atoms with Crippen LogP contribution >= 0.6 is 0 Å². The maximum absolute atomic E-state index is 11.4. The van der Waals surface area contributed by atoms with E-state index in [4.69, 9.17) is 10.8 Å². The predicted octanol–water partition coefficient (Wildman–Crippen LogP) is 1.22. The standard InChI is InChI=1S/C14H18N2O3/c15-13(17)12-7-3-4-8-16(12)9-10-5-1-2-6-11(10)14(18)19/h1-2,5-6,12H,3-4,7-9H2,(H2,15,17)(H,18,19). The van der Waals surface area contributed by atoms with Crippen LogP contribution in [0.2, 0.25) is 0 Å². The average molecular weight is 262 g/mol. The summed E-state index contributed by atoms with van der Waals surface area (Å²) in [5, 5.41) is 9.16. The Kier molecular flexibility index (Phi) is 4.16. The molecule has 0 radical (unpaired) electrons. The van der Waals surface area contributed by atoms with E-state index in [2.05, 4.69) is 0 Å². The Morgan fingerprint density at radius 1 is 1.32 bits per heavy atom. The summed E-state index contributed by atoms with van der Waals surface area (Å²) in [6.07, 6.45) is 2.76. The highest BCUT2D eigenvalue weighted by Crippen LogP contribution is 2.21. The van der Waals surface area contributed by atoms with Crippen molar-refractivity contribution in [3.63, 3.8) is 0 Å². The molecule has 0 spiro atoms. The lowest BCUT2D eigenvalue weighted by atomic mass is 9.99. The molecule has 1 atom stereocenters. The number of carboxylic acid groups (broad SMARTS) is 1. The van der Waals surface area contributed by atoms with Gasteiger partial charge in [-0.25, -0.2) is 4.79 Å². The molecule has 5 heteroatoms. The molecule has 1 amide bonds. The predicted molar refractivity (Wildman–Crippen MR) is 70.6 cm³/mol. The lowest BCUT2D eigenvalue weighted by Gasteiger charge is -2.33. The molecule has 1 saturated heterocycles. The second-order valence-electron chi connectivity index (χ2n) is 4.85. The normalized spacial score (nSPS) is 20.1. The van der Waals surface area contributed by atoms with Gasteiger partial charge in [-0.05, 0) is 31.0 Å². The number of piperidine rings is 1. The fraction of sp³-hybridized carbons (Fsp3) is 0.429. The van der Waals surface area contributed by atoms with Crippen molar-refractivity contribution >= 4 is 11.9 Å². The lowest BCUT2D eigenvalue weighted by molar-refractivity contribution is -0.124. The van der Waals surface area contributed by atoms with Gasteiger partial charge in [-0.2, -0.15) is 0 Å². The molecule has 3 N–H and O–H groups in total. The van der Waals surface area contributed by atoms with Crippen LogP contribution in [0.25, 0.3) is 0 Å². The zero-order valence-corrected chi connectivity index (χ0v) is 10.7. The second kappa shape index (κ2) is 5.84. The summed E-state index contributed by atoms with van der Waals surface area (Å²) in [6, 6.07) is 6.60. The maximum atomic E-state index is 11.4. The van der Waals surface area contributed by atoms with Crippen LogP contribution in [-0.2, 0) is 11.3 Å². The van der Waals surface area contributed by atoms with Crippen LogP contribution < -0.4 is 5.73 Å². The van der Waals surface area contributed by atoms with Crippen molar-refractivity contribution in [2.75, 3.05) is 6.54 Å². The fourth-order valence-electron chi connectivity index (χ4n) is 2.59. The third-order valence-corrected chi connectivity index (χ3v) is 3.56. The highest BCUT2D eigenvalue weighted by atomic mass is 16.4. The van der Waals surface area contributed by atoms with E-state index in [-0.39, 0.29) is 17.5 Å². The van der Waals surface area contributed by atoms with E-state index in [0.29, 0.717) is 6.54 Å². The third kappa shape index (κ3) is 3.12. The van der Waals surface area contributed by atoms with E-state index in [1.54, 1.807) is 18.2 Å². The molecule has 0 bridgehead atoms. The molecule has 19 heavy (non-hydrogen) atoms. The highest BCUT2D eigenvalue weighted by molar-refractivity contribution is 5.89. The molecule has 5 nitrogen and oxygen atoms in total. The van der Waals surface area contributed by atoms with Gasteiger partial charge < -0.3 is 10.8 Å². The summed E-state index contributed by atoms with van der Waals surface area (Å²) < 4.78 is 0. The molecule has 1 unspecified atom stereocenters. The number of hydrogen-bond donors (Lipinski definition) is 2. The molecular formula is C14H18N2O3. The van der Waals surface area contributed by atoms with Gasteiger partial charge >= 0.3 is 5.97 Å². The molecule has 1 aromatic carbocycles. The summed E-state index contributed by atoms with van der Waals surface area (Å²) in [4.78, 5) is 24.6. The summed E-state index contributed by atoms with van der Waals surface area (Å²) in [5.74, 6) is -1.27. The Morgan fingerprint density at radius 3 is 2.74 bits per heavy atom. The number of hydrogen-bond acceptors (Lipinski definition) is 3. The topological polar surface area (TPSA) is 83.6 Å². The molecule has 1 fully saturated rings. The second-order valence-corrected chi connectivity index (χ2v) is 4.85. The molecule has 0 saturated carbocycles. The number of likely N-dealkylation sites (tertiary alicyclic amines) is 1. The molecule has 0 aliphatic carbocycles. The van der Waals surface area contributed by atoms with Gasteiger partial charge in [0.2, 0.25) is 5.91 Å². The molecule has 2 rings (SSSR count). The van der Waals surface area contributed by atoms with Gasteiger partial charge in [0.05, 0.1) is 11.6 Å². The Labute approximate surface area is 112 Å². The first-order chi connectivity index (χ1) is 9.09. The molecule has 1 heterocycles. The summed E-state index contributed by atoms with van der Waals surface area (Å²) in [5.41, 5.74) is 6.43. The van der Waals surface area contributed by atoms with Gasteiger partial charge in [-0.1, -0.05) is 24.6 Å². The van der Waals surface area contributed by atoms with Crippen LogP contribution in [0.1, 0.15) is 35.2 Å². The van der Waals surface area contributed by atoms with E-state index >= 15 is 0 Å². The summed E-state index contributed by atoms with van der Waals surface area (Å²) >= 11 is 0. The van der Waals surface area contributed by atoms with Gasteiger partial charge in [0.25, 0.3) is 0 Å². The molecule has 0 aromatic heterocycles. The van der Waals surface area contributed by atoms with Gasteiger partial charge in [0.1, 0.15) is 0 Å². The van der Waals surface area contributed by atoms with E-state index in [1.807, 2.05) is 11.0 Å². The number of rotatable bonds is 4. The van der Waals surface area contributed by atoms with Gasteiger partial charge in [0.15, 0.2) is 0 Å². The minimum atomic E-state index is -0.941. The average Bonchev–Trinajstić information content (AvgIpc) is 2.39. The first kappa shape index (κ1) is 13.5. The van der Waals surface area contributed by atoms with Crippen LogP contribution in [0, 0.1) is 0 Å². The van der Waals surface area contributed by atoms with Crippen molar-refractivity contribution in [3.05, 3.63) is 35.4 Å². The SMILES string of the molecule is NC(=O)C1CCCCN1Cc1ccccc1C(=O)O. The van der Waals surface area contributed by atoms with Crippen molar-refractivity contribution in [2.24, 2.45) is 5.73 Å². The van der Waals surface area contributed by atoms with Crippen molar-refractivity contribution in [1.82, 2.24) is 4.90 Å². The van der Waals surface area contributed by atoms with Crippen molar-refractivity contribution in [2.45, 2.75) is 31.8 Å². The van der Waals surface area contributed by atoms with Crippen LogP contribution in [0.15, 0.2) is 24.3 Å². The quantitative estimate of drug-likeness (QED) is 0.854. The minimum Gasteiger partial charge on any atom is -0.478 e. The zero-order valence-electron chi connectivity index (χ0n) is 10.7. The van der Waals surface area contributed by atoms with E-state index in [1.165, 1.54) is 0 Å². The number of carbonyl (C=O) groups is 2. The van der Waals surface area contributed by atoms with E-state index in [0.717, 1.165) is 31.4 Å². The van der Waals surface area contributed by atoms with E-state index in [9.17, 15) is 9.59 Å². The maximum Gasteiger partial charge on any atom is 0.336 e. The Balaban J connectivity index is 2.19. The first-order valence-electron chi connectivity index (χ1n) is 6.44. The van der Waals surface area contributed by atoms with Crippen LogP contribution in [0.5, 0.6) is 0 Å². The number of nitrogens with zero attached hydrogens (tertiary/aromatic N) is 1.